The number of carbonyl (C=O) groups is 1. The van der Waals surface area contributed by atoms with Crippen LogP contribution in [-0.4, -0.2) is 78.3 Å². The number of nitrogens with one attached hydrogen (secondary N) is 1. The summed E-state index contributed by atoms with van der Waals surface area (Å²) in [4.78, 5) is 26.0. The van der Waals surface area contributed by atoms with Crippen LogP contribution in [0.1, 0.15) is 32.0 Å². The molecule has 10 nitrogen and oxygen atoms in total. The van der Waals surface area contributed by atoms with Gasteiger partial charge in [-0.25, -0.2) is 14.8 Å². The highest BCUT2D eigenvalue weighted by atomic mass is 16.7. The lowest BCUT2D eigenvalue weighted by molar-refractivity contribution is -0.140. The summed E-state index contributed by atoms with van der Waals surface area (Å²) < 4.78 is 17.5. The number of fused-ring (bicyclic) bond motifs is 1. The van der Waals surface area contributed by atoms with Crippen LogP contribution >= 0.6 is 0 Å². The zero-order valence-electron chi connectivity index (χ0n) is 20.6. The fourth-order valence-electron chi connectivity index (χ4n) is 5.02. The summed E-state index contributed by atoms with van der Waals surface area (Å²) in [5, 5.41) is 2.60. The standard InChI is InChI=1S/C25H34N6O4/c1-16-14-33-11-10-31(16)23-20-8-9-30(12-19-15-34-25(2,3)35-19)13-21(20)28-22(29-23)17-4-6-18(7-5-17)27-24(26)32/h4-7,16,19H,8-15H2,1-3H3,(H3,26,27,32)/t16-,19+/m0/s1. The third-order valence-electron chi connectivity index (χ3n) is 6.70. The van der Waals surface area contributed by atoms with E-state index in [1.54, 1.807) is 0 Å². The number of rotatable bonds is 5. The molecule has 0 aliphatic carbocycles. The Bertz CT molecular complexity index is 1080. The highest BCUT2D eigenvalue weighted by molar-refractivity contribution is 5.88. The van der Waals surface area contributed by atoms with Gasteiger partial charge in [-0.15, -0.1) is 0 Å². The van der Waals surface area contributed by atoms with Crippen molar-refractivity contribution in [1.29, 1.82) is 0 Å². The highest BCUT2D eigenvalue weighted by Gasteiger charge is 2.35. The molecule has 2 amide bonds. The second-order valence-electron chi connectivity index (χ2n) is 9.92. The molecule has 2 aromatic rings. The predicted octanol–water partition coefficient (Wildman–Crippen LogP) is 2.37. The number of amides is 2. The number of ether oxygens (including phenoxy) is 3. The maximum Gasteiger partial charge on any atom is 0.316 e. The molecular weight excluding hydrogens is 448 g/mol. The van der Waals surface area contributed by atoms with Gasteiger partial charge in [-0.3, -0.25) is 4.90 Å². The number of hydrogen-bond donors (Lipinski definition) is 2. The van der Waals surface area contributed by atoms with Crippen LogP contribution in [0, 0.1) is 0 Å². The van der Waals surface area contributed by atoms with Crippen LogP contribution in [0.2, 0.25) is 0 Å². The molecule has 2 fully saturated rings. The van der Waals surface area contributed by atoms with Crippen molar-refractivity contribution in [2.24, 2.45) is 5.73 Å². The largest absolute Gasteiger partial charge is 0.377 e. The molecular formula is C25H34N6O4. The van der Waals surface area contributed by atoms with Crippen LogP contribution in [0.25, 0.3) is 11.4 Å². The number of aromatic nitrogens is 2. The molecule has 3 aliphatic heterocycles. The first-order chi connectivity index (χ1) is 16.8. The van der Waals surface area contributed by atoms with E-state index in [9.17, 15) is 4.79 Å². The van der Waals surface area contributed by atoms with Crippen molar-refractivity contribution in [2.75, 3.05) is 49.7 Å². The number of nitrogens with two attached hydrogens (primary N) is 1. The van der Waals surface area contributed by atoms with Crippen LogP contribution in [0.3, 0.4) is 0 Å². The number of anilines is 2. The molecule has 0 bridgehead atoms. The van der Waals surface area contributed by atoms with Crippen molar-refractivity contribution >= 4 is 17.5 Å². The van der Waals surface area contributed by atoms with Gasteiger partial charge in [0.2, 0.25) is 0 Å². The van der Waals surface area contributed by atoms with Crippen LogP contribution < -0.4 is 16.0 Å². The molecule has 35 heavy (non-hydrogen) atoms. The van der Waals surface area contributed by atoms with Crippen molar-refractivity contribution in [1.82, 2.24) is 14.9 Å². The monoisotopic (exact) mass is 482 g/mol. The molecule has 2 atom stereocenters. The Morgan fingerprint density at radius 2 is 2.00 bits per heavy atom. The van der Waals surface area contributed by atoms with Crippen LogP contribution in [0.15, 0.2) is 24.3 Å². The lowest BCUT2D eigenvalue weighted by Crippen LogP contribution is -2.46. The molecule has 3 N–H and O–H groups in total. The number of benzene rings is 1. The van der Waals surface area contributed by atoms with Crippen molar-refractivity contribution in [3.8, 4) is 11.4 Å². The molecule has 0 saturated carbocycles. The smallest absolute Gasteiger partial charge is 0.316 e. The van der Waals surface area contributed by atoms with Crippen molar-refractivity contribution < 1.29 is 19.0 Å². The predicted molar refractivity (Wildman–Crippen MR) is 132 cm³/mol. The molecule has 3 aliphatic rings. The van der Waals surface area contributed by atoms with E-state index in [0.29, 0.717) is 31.3 Å². The summed E-state index contributed by atoms with van der Waals surface area (Å²) in [6.45, 7) is 11.3. The minimum atomic E-state index is -0.591. The van der Waals surface area contributed by atoms with Gasteiger partial charge >= 0.3 is 6.03 Å². The molecule has 1 aromatic carbocycles. The Balaban J connectivity index is 1.44. The third-order valence-corrected chi connectivity index (χ3v) is 6.70. The summed E-state index contributed by atoms with van der Waals surface area (Å²) in [6.07, 6.45) is 0.935. The zero-order chi connectivity index (χ0) is 24.6. The molecule has 2 saturated heterocycles. The summed E-state index contributed by atoms with van der Waals surface area (Å²) in [7, 11) is 0. The van der Waals surface area contributed by atoms with Gasteiger partial charge in [-0.05, 0) is 51.5 Å². The number of carbonyl (C=O) groups excluding carboxylic acids is 1. The highest BCUT2D eigenvalue weighted by Crippen LogP contribution is 2.32. The Labute approximate surface area is 205 Å². The molecule has 0 unspecified atom stereocenters. The van der Waals surface area contributed by atoms with Crippen LogP contribution in [0.5, 0.6) is 0 Å². The molecule has 4 heterocycles. The summed E-state index contributed by atoms with van der Waals surface area (Å²) in [5.74, 6) is 1.15. The van der Waals surface area contributed by atoms with E-state index >= 15 is 0 Å². The minimum Gasteiger partial charge on any atom is -0.377 e. The fourth-order valence-corrected chi connectivity index (χ4v) is 5.02. The van der Waals surface area contributed by atoms with Gasteiger partial charge < -0.3 is 30.2 Å². The van der Waals surface area contributed by atoms with Gasteiger partial charge in [0.25, 0.3) is 0 Å². The SMILES string of the molecule is C[C@H]1COCCN1c1nc(-c2ccc(NC(N)=O)cc2)nc2c1CCN(C[C@@H]1COC(C)(C)O1)C2. The van der Waals surface area contributed by atoms with E-state index in [2.05, 4.69) is 22.0 Å². The van der Waals surface area contributed by atoms with E-state index in [0.717, 1.165) is 49.7 Å². The molecule has 10 heteroatoms. The fraction of sp³-hybridized carbons (Fsp3) is 0.560. The summed E-state index contributed by atoms with van der Waals surface area (Å²) in [5.41, 5.74) is 9.02. The molecule has 0 radical (unpaired) electrons. The first-order valence-electron chi connectivity index (χ1n) is 12.2. The van der Waals surface area contributed by atoms with Crippen molar-refractivity contribution in [2.45, 2.75) is 51.7 Å². The van der Waals surface area contributed by atoms with Gasteiger partial charge in [0.15, 0.2) is 11.6 Å². The van der Waals surface area contributed by atoms with Crippen molar-refractivity contribution in [3.63, 3.8) is 0 Å². The Hall–Kier alpha value is -2.79. The van der Waals surface area contributed by atoms with Crippen LogP contribution in [-0.2, 0) is 27.2 Å². The molecule has 0 spiro atoms. The molecule has 188 valence electrons. The number of nitrogens with zero attached hydrogens (tertiary/aromatic N) is 4. The van der Waals surface area contributed by atoms with E-state index in [-0.39, 0.29) is 12.1 Å². The van der Waals surface area contributed by atoms with Gasteiger partial charge in [0, 0.05) is 43.0 Å². The summed E-state index contributed by atoms with van der Waals surface area (Å²) >= 11 is 0. The van der Waals surface area contributed by atoms with Gasteiger partial charge in [-0.2, -0.15) is 0 Å². The average Bonchev–Trinajstić information content (AvgIpc) is 3.16. The lowest BCUT2D eigenvalue weighted by Gasteiger charge is -2.38. The Kier molecular flexibility index (Phi) is 6.63. The minimum absolute atomic E-state index is 0.0527. The Morgan fingerprint density at radius 1 is 1.20 bits per heavy atom. The lowest BCUT2D eigenvalue weighted by atomic mass is 10.0. The van der Waals surface area contributed by atoms with Gasteiger partial charge in [-0.1, -0.05) is 0 Å². The van der Waals surface area contributed by atoms with Gasteiger partial charge in [0.1, 0.15) is 5.82 Å². The Morgan fingerprint density at radius 3 is 2.69 bits per heavy atom. The van der Waals surface area contributed by atoms with Crippen LogP contribution in [0.4, 0.5) is 16.3 Å². The topological polar surface area (TPSA) is 115 Å². The second kappa shape index (κ2) is 9.69. The number of hydrogen-bond acceptors (Lipinski definition) is 8. The maximum atomic E-state index is 11.2. The van der Waals surface area contributed by atoms with Gasteiger partial charge in [0.05, 0.1) is 37.7 Å². The second-order valence-corrected chi connectivity index (χ2v) is 9.92. The number of morpholine rings is 1. The zero-order valence-corrected chi connectivity index (χ0v) is 20.6. The number of primary amides is 1. The van der Waals surface area contributed by atoms with E-state index < -0.39 is 11.8 Å². The summed E-state index contributed by atoms with van der Waals surface area (Å²) in [6, 6.07) is 7.09. The van der Waals surface area contributed by atoms with E-state index in [1.165, 1.54) is 5.56 Å². The third kappa shape index (κ3) is 5.40. The van der Waals surface area contributed by atoms with E-state index in [4.69, 9.17) is 29.9 Å². The normalized spacial score (nSPS) is 24.3. The maximum absolute atomic E-state index is 11.2. The van der Waals surface area contributed by atoms with E-state index in [1.807, 2.05) is 38.1 Å². The first kappa shape index (κ1) is 23.9. The van der Waals surface area contributed by atoms with Crippen molar-refractivity contribution in [3.05, 3.63) is 35.5 Å². The molecule has 1 aromatic heterocycles. The quantitative estimate of drug-likeness (QED) is 0.668. The average molecular weight is 483 g/mol. The molecule has 5 rings (SSSR count). The number of urea groups is 1. The first-order valence-corrected chi connectivity index (χ1v) is 12.2.